The molecule has 1 N–H and O–H groups in total. The van der Waals surface area contributed by atoms with Crippen LogP contribution in [0.5, 0.6) is 0 Å². The van der Waals surface area contributed by atoms with Gasteiger partial charge in [0.2, 0.25) is 0 Å². The zero-order valence-corrected chi connectivity index (χ0v) is 15.2. The van der Waals surface area contributed by atoms with Crippen LogP contribution in [0.1, 0.15) is 12.8 Å². The van der Waals surface area contributed by atoms with E-state index in [-0.39, 0.29) is 0 Å². The lowest BCUT2D eigenvalue weighted by atomic mass is 10.1. The van der Waals surface area contributed by atoms with E-state index >= 15 is 0 Å². The quantitative estimate of drug-likeness (QED) is 0.586. The molecule has 0 radical (unpaired) electrons. The molecule has 0 aromatic carbocycles. The van der Waals surface area contributed by atoms with Gasteiger partial charge < -0.3 is 4.90 Å². The van der Waals surface area contributed by atoms with Crippen LogP contribution in [0.2, 0.25) is 0 Å². The predicted octanol–water partition coefficient (Wildman–Crippen LogP) is 4.02. The van der Waals surface area contributed by atoms with Crippen molar-refractivity contribution in [2.24, 2.45) is 0 Å². The first-order valence-electron chi connectivity index (χ1n) is 9.39. The van der Waals surface area contributed by atoms with E-state index in [1.54, 1.807) is 18.6 Å². The Kier molecular flexibility index (Phi) is 4.20. The summed E-state index contributed by atoms with van der Waals surface area (Å²) in [7, 11) is 0. The van der Waals surface area contributed by atoms with Crippen LogP contribution in [0, 0.1) is 0 Å². The van der Waals surface area contributed by atoms with Crippen molar-refractivity contribution in [3.8, 4) is 22.6 Å². The Morgan fingerprint density at radius 3 is 2.93 bits per heavy atom. The van der Waals surface area contributed by atoms with E-state index in [9.17, 15) is 4.39 Å². The summed E-state index contributed by atoms with van der Waals surface area (Å²) in [6.45, 7) is 1.22. The van der Waals surface area contributed by atoms with E-state index in [0.29, 0.717) is 13.0 Å². The molecular formula is C21H19FN6. The number of nitrogens with zero attached hydrogens (tertiary/aromatic N) is 5. The number of hydrogen-bond acceptors (Lipinski definition) is 5. The zero-order chi connectivity index (χ0) is 18.9. The molecule has 0 unspecified atom stereocenters. The second kappa shape index (κ2) is 6.99. The summed E-state index contributed by atoms with van der Waals surface area (Å²) >= 11 is 0. The fraction of sp³-hybridized carbons (Fsp3) is 0.238. The van der Waals surface area contributed by atoms with Crippen molar-refractivity contribution in [1.82, 2.24) is 25.1 Å². The maximum absolute atomic E-state index is 13.8. The summed E-state index contributed by atoms with van der Waals surface area (Å²) in [4.78, 5) is 15.4. The van der Waals surface area contributed by atoms with Gasteiger partial charge in [-0.3, -0.25) is 15.1 Å². The number of aromatic nitrogens is 5. The highest BCUT2D eigenvalue weighted by atomic mass is 19.1. The third-order valence-corrected chi connectivity index (χ3v) is 5.07. The van der Waals surface area contributed by atoms with Crippen LogP contribution >= 0.6 is 0 Å². The number of anilines is 1. The lowest BCUT2D eigenvalue weighted by Crippen LogP contribution is -2.36. The molecule has 6 nitrogen and oxygen atoms in total. The Morgan fingerprint density at radius 1 is 1.11 bits per heavy atom. The molecule has 1 fully saturated rings. The average Bonchev–Trinajstić information content (AvgIpc) is 3.18. The third-order valence-electron chi connectivity index (χ3n) is 5.07. The first-order chi connectivity index (χ1) is 13.8. The molecule has 5 rings (SSSR count). The zero-order valence-electron chi connectivity index (χ0n) is 15.2. The molecule has 0 aliphatic carbocycles. The van der Waals surface area contributed by atoms with E-state index in [0.717, 1.165) is 52.3 Å². The molecule has 1 saturated heterocycles. The number of rotatable bonds is 3. The fourth-order valence-electron chi connectivity index (χ4n) is 3.65. The summed E-state index contributed by atoms with van der Waals surface area (Å²) in [6.07, 6.45) is 5.98. The van der Waals surface area contributed by atoms with Crippen molar-refractivity contribution < 1.29 is 4.39 Å². The number of nitrogens with one attached hydrogen (secondary N) is 1. The van der Waals surface area contributed by atoms with E-state index < -0.39 is 6.17 Å². The van der Waals surface area contributed by atoms with Gasteiger partial charge in [-0.2, -0.15) is 5.10 Å². The first-order valence-corrected chi connectivity index (χ1v) is 9.39. The topological polar surface area (TPSA) is 70.6 Å². The van der Waals surface area contributed by atoms with Gasteiger partial charge in [0.25, 0.3) is 0 Å². The normalized spacial score (nSPS) is 17.2. The number of pyridine rings is 3. The average molecular weight is 374 g/mol. The minimum Gasteiger partial charge on any atom is -0.354 e. The number of halogens is 1. The maximum atomic E-state index is 13.8. The predicted molar refractivity (Wildman–Crippen MR) is 107 cm³/mol. The number of H-pyrrole nitrogens is 1. The van der Waals surface area contributed by atoms with Crippen LogP contribution in [0.15, 0.2) is 55.0 Å². The van der Waals surface area contributed by atoms with Crippen molar-refractivity contribution in [3.63, 3.8) is 0 Å². The lowest BCUT2D eigenvalue weighted by Gasteiger charge is -2.30. The lowest BCUT2D eigenvalue weighted by molar-refractivity contribution is 0.286. The summed E-state index contributed by atoms with van der Waals surface area (Å²) in [5, 5.41) is 8.44. The van der Waals surface area contributed by atoms with Crippen molar-refractivity contribution in [2.75, 3.05) is 18.0 Å². The highest BCUT2D eigenvalue weighted by Crippen LogP contribution is 2.29. The molecule has 5 heterocycles. The number of hydrogen-bond donors (Lipinski definition) is 1. The molecule has 4 aromatic heterocycles. The van der Waals surface area contributed by atoms with Crippen LogP contribution in [0.3, 0.4) is 0 Å². The number of aromatic amines is 1. The largest absolute Gasteiger partial charge is 0.354 e. The molecule has 0 saturated carbocycles. The van der Waals surface area contributed by atoms with Crippen LogP contribution in [0.4, 0.5) is 10.2 Å². The number of alkyl halides is 1. The Hall–Kier alpha value is -3.35. The van der Waals surface area contributed by atoms with Gasteiger partial charge in [0.1, 0.15) is 17.7 Å². The highest BCUT2D eigenvalue weighted by Gasteiger charge is 2.21. The third kappa shape index (κ3) is 3.09. The Labute approximate surface area is 161 Å². The Balaban J connectivity index is 1.55. The number of fused-ring (bicyclic) bond motifs is 1. The standard InChI is InChI=1S/C21H19FN6/c22-15-5-3-9-28(13-15)20-7-1-6-17(25-20)21-16-10-18(14-4-2-8-23-11-14)24-12-19(16)26-27-21/h1-2,4,6-8,10-12,15H,3,5,9,13H2,(H,26,27)/t15-/m1/s1. The number of piperidine rings is 1. The second-order valence-corrected chi connectivity index (χ2v) is 7.00. The van der Waals surface area contributed by atoms with Gasteiger partial charge in [-0.25, -0.2) is 9.37 Å². The van der Waals surface area contributed by atoms with Crippen molar-refractivity contribution >= 4 is 16.7 Å². The van der Waals surface area contributed by atoms with Gasteiger partial charge in [-0.05, 0) is 43.2 Å². The van der Waals surface area contributed by atoms with Gasteiger partial charge in [-0.15, -0.1) is 0 Å². The monoisotopic (exact) mass is 374 g/mol. The van der Waals surface area contributed by atoms with E-state index in [1.807, 2.05) is 41.3 Å². The van der Waals surface area contributed by atoms with E-state index in [1.165, 1.54) is 0 Å². The molecule has 4 aromatic rings. The summed E-state index contributed by atoms with van der Waals surface area (Å²) in [6, 6.07) is 11.7. The Morgan fingerprint density at radius 2 is 2.07 bits per heavy atom. The SMILES string of the molecule is F[C@@H]1CCCN(c2cccc(-c3n[nH]c4cnc(-c5cccnc5)cc34)n2)C1. The summed E-state index contributed by atoms with van der Waals surface area (Å²) in [5.41, 5.74) is 4.14. The van der Waals surface area contributed by atoms with Crippen LogP contribution in [0.25, 0.3) is 33.5 Å². The molecule has 140 valence electrons. The van der Waals surface area contributed by atoms with Crippen molar-refractivity contribution in [3.05, 3.63) is 55.0 Å². The molecule has 1 atom stereocenters. The summed E-state index contributed by atoms with van der Waals surface area (Å²) in [5.74, 6) is 0.789. The van der Waals surface area contributed by atoms with E-state index in [2.05, 4.69) is 20.2 Å². The van der Waals surface area contributed by atoms with Crippen molar-refractivity contribution in [2.45, 2.75) is 19.0 Å². The van der Waals surface area contributed by atoms with Crippen LogP contribution < -0.4 is 4.90 Å². The first kappa shape index (κ1) is 16.8. The fourth-order valence-corrected chi connectivity index (χ4v) is 3.65. The maximum Gasteiger partial charge on any atom is 0.129 e. The second-order valence-electron chi connectivity index (χ2n) is 7.00. The van der Waals surface area contributed by atoms with Crippen LogP contribution in [-0.2, 0) is 0 Å². The van der Waals surface area contributed by atoms with Gasteiger partial charge >= 0.3 is 0 Å². The van der Waals surface area contributed by atoms with Gasteiger partial charge in [-0.1, -0.05) is 6.07 Å². The van der Waals surface area contributed by atoms with E-state index in [4.69, 9.17) is 4.98 Å². The molecule has 1 aliphatic rings. The van der Waals surface area contributed by atoms with Gasteiger partial charge in [0.05, 0.1) is 29.6 Å². The van der Waals surface area contributed by atoms with Crippen molar-refractivity contribution in [1.29, 1.82) is 0 Å². The molecule has 0 spiro atoms. The highest BCUT2D eigenvalue weighted by molar-refractivity contribution is 5.93. The molecule has 28 heavy (non-hydrogen) atoms. The summed E-state index contributed by atoms with van der Waals surface area (Å²) < 4.78 is 13.8. The minimum atomic E-state index is -0.793. The van der Waals surface area contributed by atoms with Crippen LogP contribution in [-0.4, -0.2) is 44.4 Å². The molecular weight excluding hydrogens is 355 g/mol. The molecule has 0 amide bonds. The van der Waals surface area contributed by atoms with Gasteiger partial charge in [0.15, 0.2) is 0 Å². The smallest absolute Gasteiger partial charge is 0.129 e. The Bertz CT molecular complexity index is 1110. The minimum absolute atomic E-state index is 0.396. The molecule has 0 bridgehead atoms. The molecule has 1 aliphatic heterocycles. The van der Waals surface area contributed by atoms with Gasteiger partial charge in [0, 0.05) is 29.9 Å². The molecule has 7 heteroatoms.